The fourth-order valence-electron chi connectivity index (χ4n) is 2.60. The Labute approximate surface area is 152 Å². The minimum Gasteiger partial charge on any atom is -0.485 e. The number of benzene rings is 1. The molecular formula is C20H23N3O3. The average Bonchev–Trinajstić information content (AvgIpc) is 3.27. The first-order valence-corrected chi connectivity index (χ1v) is 8.67. The van der Waals surface area contributed by atoms with Crippen molar-refractivity contribution in [2.45, 2.75) is 33.4 Å². The van der Waals surface area contributed by atoms with Crippen LogP contribution in [-0.2, 0) is 13.2 Å². The summed E-state index contributed by atoms with van der Waals surface area (Å²) in [5.74, 6) is 1.50. The van der Waals surface area contributed by atoms with Crippen LogP contribution in [0.3, 0.4) is 0 Å². The quantitative estimate of drug-likeness (QED) is 0.629. The smallest absolute Gasteiger partial charge is 0.286 e. The maximum atomic E-state index is 12.1. The van der Waals surface area contributed by atoms with Crippen molar-refractivity contribution in [3.05, 3.63) is 71.4 Å². The van der Waals surface area contributed by atoms with Gasteiger partial charge in [-0.2, -0.15) is 5.10 Å². The summed E-state index contributed by atoms with van der Waals surface area (Å²) in [4.78, 5) is 12.1. The first-order chi connectivity index (χ1) is 12.6. The van der Waals surface area contributed by atoms with E-state index in [-0.39, 0.29) is 12.5 Å². The summed E-state index contributed by atoms with van der Waals surface area (Å²) in [5.41, 5.74) is 2.17. The molecule has 1 N–H and O–H groups in total. The molecule has 0 aliphatic carbocycles. The van der Waals surface area contributed by atoms with Crippen LogP contribution in [-0.4, -0.2) is 22.2 Å². The number of furan rings is 1. The van der Waals surface area contributed by atoms with Crippen LogP contribution in [0.25, 0.3) is 0 Å². The Bertz CT molecular complexity index is 867. The number of nitrogens with one attached hydrogen (secondary N) is 1. The minimum atomic E-state index is -0.218. The highest BCUT2D eigenvalue weighted by Gasteiger charge is 2.11. The molecule has 0 bridgehead atoms. The van der Waals surface area contributed by atoms with E-state index in [2.05, 4.69) is 10.4 Å². The largest absolute Gasteiger partial charge is 0.485 e. The van der Waals surface area contributed by atoms with Gasteiger partial charge in [0.1, 0.15) is 18.1 Å². The van der Waals surface area contributed by atoms with Gasteiger partial charge in [-0.1, -0.05) is 18.2 Å². The number of para-hydroxylation sites is 1. The number of aryl methyl sites for hydroxylation is 3. The zero-order valence-electron chi connectivity index (χ0n) is 15.1. The molecular weight excluding hydrogens is 330 g/mol. The minimum absolute atomic E-state index is 0.218. The van der Waals surface area contributed by atoms with Crippen molar-refractivity contribution in [2.75, 3.05) is 6.54 Å². The molecule has 0 unspecified atom stereocenters. The van der Waals surface area contributed by atoms with Crippen LogP contribution in [0.5, 0.6) is 5.75 Å². The third-order valence-electron chi connectivity index (χ3n) is 4.11. The summed E-state index contributed by atoms with van der Waals surface area (Å²) < 4.78 is 13.2. The lowest BCUT2D eigenvalue weighted by atomic mass is 10.2. The van der Waals surface area contributed by atoms with Crippen LogP contribution >= 0.6 is 0 Å². The van der Waals surface area contributed by atoms with Gasteiger partial charge in [0, 0.05) is 25.0 Å². The zero-order valence-corrected chi connectivity index (χ0v) is 15.1. The number of carbonyl (C=O) groups excluding carboxylic acids is 1. The summed E-state index contributed by atoms with van der Waals surface area (Å²) in [6.07, 6.45) is 2.58. The van der Waals surface area contributed by atoms with Crippen molar-refractivity contribution in [1.29, 1.82) is 0 Å². The Morgan fingerprint density at radius 3 is 2.81 bits per heavy atom. The molecule has 2 heterocycles. The average molecular weight is 353 g/mol. The number of amides is 1. The molecule has 0 saturated heterocycles. The maximum Gasteiger partial charge on any atom is 0.286 e. The van der Waals surface area contributed by atoms with Gasteiger partial charge in [0.25, 0.3) is 5.91 Å². The maximum absolute atomic E-state index is 12.1. The van der Waals surface area contributed by atoms with Crippen LogP contribution in [0.4, 0.5) is 0 Å². The molecule has 136 valence electrons. The second-order valence-corrected chi connectivity index (χ2v) is 6.13. The third kappa shape index (κ3) is 4.53. The van der Waals surface area contributed by atoms with Crippen LogP contribution in [0.1, 0.15) is 34.0 Å². The standard InChI is InChI=1S/C20H23N3O3/c1-15-6-3-4-7-18(15)25-14-17-8-9-19(26-17)20(24)21-11-5-13-23-16(2)10-12-22-23/h3-4,6-10,12H,5,11,13-14H2,1-2H3,(H,21,24). The topological polar surface area (TPSA) is 69.3 Å². The van der Waals surface area contributed by atoms with E-state index in [4.69, 9.17) is 9.15 Å². The highest BCUT2D eigenvalue weighted by Crippen LogP contribution is 2.18. The summed E-state index contributed by atoms with van der Waals surface area (Å²) in [6, 6.07) is 13.2. The van der Waals surface area contributed by atoms with E-state index < -0.39 is 0 Å². The molecule has 0 atom stereocenters. The van der Waals surface area contributed by atoms with Gasteiger partial charge in [-0.3, -0.25) is 9.48 Å². The van der Waals surface area contributed by atoms with Crippen LogP contribution in [0.2, 0.25) is 0 Å². The number of aromatic nitrogens is 2. The molecule has 26 heavy (non-hydrogen) atoms. The first kappa shape index (κ1) is 17.8. The second kappa shape index (κ2) is 8.38. The summed E-state index contributed by atoms with van der Waals surface area (Å²) in [5, 5.41) is 7.08. The van der Waals surface area contributed by atoms with E-state index in [0.29, 0.717) is 18.1 Å². The van der Waals surface area contributed by atoms with E-state index in [1.54, 1.807) is 18.3 Å². The Kier molecular flexibility index (Phi) is 5.73. The van der Waals surface area contributed by atoms with Crippen LogP contribution in [0, 0.1) is 13.8 Å². The van der Waals surface area contributed by atoms with Gasteiger partial charge < -0.3 is 14.5 Å². The van der Waals surface area contributed by atoms with E-state index >= 15 is 0 Å². The van der Waals surface area contributed by atoms with E-state index in [1.165, 1.54) is 0 Å². The number of carbonyl (C=O) groups is 1. The van der Waals surface area contributed by atoms with Crippen molar-refractivity contribution in [3.8, 4) is 5.75 Å². The lowest BCUT2D eigenvalue weighted by Crippen LogP contribution is -2.25. The van der Waals surface area contributed by atoms with E-state index in [1.807, 2.05) is 48.9 Å². The molecule has 6 nitrogen and oxygen atoms in total. The Morgan fingerprint density at radius 2 is 2.04 bits per heavy atom. The highest BCUT2D eigenvalue weighted by atomic mass is 16.5. The van der Waals surface area contributed by atoms with Crippen molar-refractivity contribution >= 4 is 5.91 Å². The zero-order chi connectivity index (χ0) is 18.4. The van der Waals surface area contributed by atoms with Crippen molar-refractivity contribution in [3.63, 3.8) is 0 Å². The molecule has 1 aromatic carbocycles. The normalized spacial score (nSPS) is 10.7. The molecule has 0 saturated carbocycles. The van der Waals surface area contributed by atoms with Gasteiger partial charge in [0.2, 0.25) is 0 Å². The molecule has 3 aromatic rings. The summed E-state index contributed by atoms with van der Waals surface area (Å²) in [7, 11) is 0. The molecule has 2 aromatic heterocycles. The first-order valence-electron chi connectivity index (χ1n) is 8.67. The molecule has 0 aliphatic rings. The van der Waals surface area contributed by atoms with Gasteiger partial charge in [-0.25, -0.2) is 0 Å². The van der Waals surface area contributed by atoms with Crippen LogP contribution < -0.4 is 10.1 Å². The second-order valence-electron chi connectivity index (χ2n) is 6.13. The summed E-state index contributed by atoms with van der Waals surface area (Å²) >= 11 is 0. The fraction of sp³-hybridized carbons (Fsp3) is 0.300. The van der Waals surface area contributed by atoms with Crippen molar-refractivity contribution < 1.29 is 13.9 Å². The lowest BCUT2D eigenvalue weighted by Gasteiger charge is -2.07. The highest BCUT2D eigenvalue weighted by molar-refractivity contribution is 5.91. The third-order valence-corrected chi connectivity index (χ3v) is 4.11. The number of hydrogen-bond acceptors (Lipinski definition) is 4. The number of nitrogens with zero attached hydrogens (tertiary/aromatic N) is 2. The molecule has 0 radical (unpaired) electrons. The Morgan fingerprint density at radius 1 is 1.19 bits per heavy atom. The number of ether oxygens (including phenoxy) is 1. The molecule has 1 amide bonds. The van der Waals surface area contributed by atoms with Gasteiger partial charge in [0.05, 0.1) is 0 Å². The predicted octanol–water partition coefficient (Wildman–Crippen LogP) is 3.49. The molecule has 6 heteroatoms. The molecule has 0 aliphatic heterocycles. The summed E-state index contributed by atoms with van der Waals surface area (Å²) in [6.45, 7) is 5.62. The predicted molar refractivity (Wildman–Crippen MR) is 98.1 cm³/mol. The molecule has 0 spiro atoms. The molecule has 3 rings (SSSR count). The van der Waals surface area contributed by atoms with Crippen molar-refractivity contribution in [2.24, 2.45) is 0 Å². The van der Waals surface area contributed by atoms with Crippen molar-refractivity contribution in [1.82, 2.24) is 15.1 Å². The Hall–Kier alpha value is -3.02. The molecule has 0 fully saturated rings. The van der Waals surface area contributed by atoms with E-state index in [0.717, 1.165) is 30.0 Å². The number of rotatable bonds is 8. The van der Waals surface area contributed by atoms with Gasteiger partial charge in [-0.15, -0.1) is 0 Å². The van der Waals surface area contributed by atoms with E-state index in [9.17, 15) is 4.79 Å². The van der Waals surface area contributed by atoms with Gasteiger partial charge >= 0.3 is 0 Å². The Balaban J connectivity index is 1.44. The lowest BCUT2D eigenvalue weighted by molar-refractivity contribution is 0.0920. The van der Waals surface area contributed by atoms with Crippen LogP contribution in [0.15, 0.2) is 53.1 Å². The monoisotopic (exact) mass is 353 g/mol. The fourth-order valence-corrected chi connectivity index (χ4v) is 2.60. The van der Waals surface area contributed by atoms with Gasteiger partial charge in [0.15, 0.2) is 5.76 Å². The SMILES string of the molecule is Cc1ccccc1OCc1ccc(C(=O)NCCCn2nccc2C)o1. The number of hydrogen-bond donors (Lipinski definition) is 1. The van der Waals surface area contributed by atoms with Gasteiger partial charge in [-0.05, 0) is 50.1 Å².